The minimum Gasteiger partial charge on any atom is -0.364 e. The van der Waals surface area contributed by atoms with E-state index in [0.29, 0.717) is 11.4 Å². The van der Waals surface area contributed by atoms with Crippen molar-refractivity contribution in [1.29, 1.82) is 0 Å². The van der Waals surface area contributed by atoms with Gasteiger partial charge in [0.2, 0.25) is 0 Å². The Kier molecular flexibility index (Phi) is 4.83. The van der Waals surface area contributed by atoms with Crippen LogP contribution in [0.5, 0.6) is 0 Å². The van der Waals surface area contributed by atoms with E-state index in [9.17, 15) is 22.8 Å². The number of nitrogens with two attached hydrogens (primary N) is 1. The molecule has 9 heteroatoms. The van der Waals surface area contributed by atoms with E-state index in [0.717, 1.165) is 18.9 Å². The maximum Gasteiger partial charge on any atom is 0.446 e. The number of primary amides is 1. The number of carbonyl (C=O) groups is 1. The molecule has 1 aliphatic rings. The minimum absolute atomic E-state index is 0.0720. The monoisotopic (exact) mass is 383 g/mol. The van der Waals surface area contributed by atoms with Crippen LogP contribution in [0.25, 0.3) is 0 Å². The van der Waals surface area contributed by atoms with Crippen molar-refractivity contribution in [3.05, 3.63) is 57.8 Å². The van der Waals surface area contributed by atoms with Crippen LogP contribution in [-0.2, 0) is 0 Å². The standard InChI is InChI=1S/C17H16F3N3O2S/c1-9(10-4-6-12(7-5-10)26-17(18,19)20)23-14(24)8-13(15(21)25)22-16(23)11-2-3-11/h4-9,11H,2-3H2,1H3,(H2,21,25)/t9-/m1/s1. The van der Waals surface area contributed by atoms with Crippen molar-refractivity contribution in [2.45, 2.75) is 42.1 Å². The van der Waals surface area contributed by atoms with Crippen LogP contribution in [0.1, 0.15) is 53.6 Å². The van der Waals surface area contributed by atoms with E-state index >= 15 is 0 Å². The SMILES string of the molecule is C[C@H](c1ccc(SC(F)(F)F)cc1)n1c(C2CC2)nc(C(N)=O)cc1=O. The van der Waals surface area contributed by atoms with Gasteiger partial charge in [0.05, 0.1) is 6.04 Å². The molecule has 0 saturated heterocycles. The average molecular weight is 383 g/mol. The van der Waals surface area contributed by atoms with E-state index in [4.69, 9.17) is 5.73 Å². The van der Waals surface area contributed by atoms with E-state index in [1.165, 1.54) is 16.7 Å². The Hall–Kier alpha value is -2.29. The molecule has 1 saturated carbocycles. The summed E-state index contributed by atoms with van der Waals surface area (Å²) in [5.74, 6) is -0.186. The summed E-state index contributed by atoms with van der Waals surface area (Å²) >= 11 is -0.189. The number of halogens is 3. The summed E-state index contributed by atoms with van der Waals surface area (Å²) in [7, 11) is 0. The van der Waals surface area contributed by atoms with Crippen LogP contribution in [0.2, 0.25) is 0 Å². The number of rotatable bonds is 5. The molecule has 1 fully saturated rings. The number of amides is 1. The number of hydrogen-bond donors (Lipinski definition) is 1. The lowest BCUT2D eigenvalue weighted by Gasteiger charge is -2.20. The summed E-state index contributed by atoms with van der Waals surface area (Å²) in [4.78, 5) is 28.2. The first-order valence-electron chi connectivity index (χ1n) is 7.94. The van der Waals surface area contributed by atoms with Crippen molar-refractivity contribution in [2.75, 3.05) is 0 Å². The van der Waals surface area contributed by atoms with Gasteiger partial charge in [-0.05, 0) is 49.2 Å². The van der Waals surface area contributed by atoms with Gasteiger partial charge in [0.25, 0.3) is 11.5 Å². The number of alkyl halides is 3. The third-order valence-corrected chi connectivity index (χ3v) is 4.90. The van der Waals surface area contributed by atoms with Crippen molar-refractivity contribution < 1.29 is 18.0 Å². The molecular weight excluding hydrogens is 367 g/mol. The lowest BCUT2D eigenvalue weighted by molar-refractivity contribution is -0.0328. The van der Waals surface area contributed by atoms with Gasteiger partial charge in [-0.2, -0.15) is 13.2 Å². The van der Waals surface area contributed by atoms with E-state index in [-0.39, 0.29) is 28.3 Å². The molecule has 26 heavy (non-hydrogen) atoms. The summed E-state index contributed by atoms with van der Waals surface area (Å²) in [5.41, 5.74) is 1.08. The molecule has 0 unspecified atom stereocenters. The molecular formula is C17H16F3N3O2S. The first-order chi connectivity index (χ1) is 12.2. The van der Waals surface area contributed by atoms with Gasteiger partial charge in [-0.15, -0.1) is 0 Å². The molecule has 0 radical (unpaired) electrons. The third-order valence-electron chi connectivity index (χ3n) is 4.16. The summed E-state index contributed by atoms with van der Waals surface area (Å²) in [6.45, 7) is 1.77. The van der Waals surface area contributed by atoms with Gasteiger partial charge in [0, 0.05) is 16.9 Å². The van der Waals surface area contributed by atoms with Crippen LogP contribution in [0.15, 0.2) is 40.0 Å². The molecule has 1 aromatic carbocycles. The van der Waals surface area contributed by atoms with Crippen LogP contribution in [0.4, 0.5) is 13.2 Å². The van der Waals surface area contributed by atoms with Crippen LogP contribution >= 0.6 is 11.8 Å². The fraction of sp³-hybridized carbons (Fsp3) is 0.353. The Morgan fingerprint density at radius 2 is 1.92 bits per heavy atom. The van der Waals surface area contributed by atoms with Crippen LogP contribution in [0, 0.1) is 0 Å². The third kappa shape index (κ3) is 4.09. The molecule has 2 aromatic rings. The van der Waals surface area contributed by atoms with Crippen molar-refractivity contribution in [3.8, 4) is 0 Å². The fourth-order valence-electron chi connectivity index (χ4n) is 2.75. The molecule has 5 nitrogen and oxygen atoms in total. The molecule has 1 atom stereocenters. The predicted molar refractivity (Wildman–Crippen MR) is 91.2 cm³/mol. The predicted octanol–water partition coefficient (Wildman–Crippen LogP) is 3.44. The lowest BCUT2D eigenvalue weighted by atomic mass is 10.1. The number of carbonyl (C=O) groups excluding carboxylic acids is 1. The van der Waals surface area contributed by atoms with Gasteiger partial charge in [0.1, 0.15) is 11.5 Å². The second kappa shape index (κ2) is 6.79. The molecule has 3 rings (SSSR count). The van der Waals surface area contributed by atoms with Gasteiger partial charge in [-0.3, -0.25) is 14.2 Å². The molecule has 0 spiro atoms. The van der Waals surface area contributed by atoms with Crippen LogP contribution in [-0.4, -0.2) is 21.0 Å². The second-order valence-corrected chi connectivity index (χ2v) is 7.28. The summed E-state index contributed by atoms with van der Waals surface area (Å²) in [6, 6.07) is 6.53. The van der Waals surface area contributed by atoms with E-state index in [1.807, 2.05) is 0 Å². The minimum atomic E-state index is -4.35. The maximum absolute atomic E-state index is 12.5. The molecule has 1 heterocycles. The average Bonchev–Trinajstić information content (AvgIpc) is 3.37. The smallest absolute Gasteiger partial charge is 0.364 e. The zero-order valence-electron chi connectivity index (χ0n) is 13.8. The van der Waals surface area contributed by atoms with Gasteiger partial charge in [-0.1, -0.05) is 12.1 Å². The van der Waals surface area contributed by atoms with E-state index in [2.05, 4.69) is 4.98 Å². The van der Waals surface area contributed by atoms with Gasteiger partial charge in [-0.25, -0.2) is 4.98 Å². The number of nitrogens with zero attached hydrogens (tertiary/aromatic N) is 2. The Balaban J connectivity index is 1.96. The molecule has 0 aliphatic heterocycles. The number of hydrogen-bond acceptors (Lipinski definition) is 4. The highest BCUT2D eigenvalue weighted by atomic mass is 32.2. The van der Waals surface area contributed by atoms with Crippen molar-refractivity contribution in [1.82, 2.24) is 9.55 Å². The van der Waals surface area contributed by atoms with Crippen LogP contribution in [0.3, 0.4) is 0 Å². The highest BCUT2D eigenvalue weighted by Gasteiger charge is 2.32. The Bertz CT molecular complexity index is 890. The van der Waals surface area contributed by atoms with E-state index < -0.39 is 23.0 Å². The van der Waals surface area contributed by atoms with Gasteiger partial charge in [0.15, 0.2) is 0 Å². The molecule has 138 valence electrons. The molecule has 0 bridgehead atoms. The number of aromatic nitrogens is 2. The lowest BCUT2D eigenvalue weighted by Crippen LogP contribution is -2.30. The molecule has 2 N–H and O–H groups in total. The Morgan fingerprint density at radius 3 is 2.42 bits per heavy atom. The number of thioether (sulfide) groups is 1. The van der Waals surface area contributed by atoms with Crippen molar-refractivity contribution in [3.63, 3.8) is 0 Å². The van der Waals surface area contributed by atoms with Crippen LogP contribution < -0.4 is 11.3 Å². The molecule has 1 amide bonds. The first kappa shape index (κ1) is 18.5. The van der Waals surface area contributed by atoms with Gasteiger partial charge >= 0.3 is 5.51 Å². The molecule has 1 aliphatic carbocycles. The number of benzene rings is 1. The summed E-state index contributed by atoms with van der Waals surface area (Å²) < 4.78 is 38.8. The highest BCUT2D eigenvalue weighted by molar-refractivity contribution is 8.00. The Labute approximate surface area is 151 Å². The Morgan fingerprint density at radius 1 is 1.31 bits per heavy atom. The zero-order chi connectivity index (χ0) is 19.1. The summed E-state index contributed by atoms with van der Waals surface area (Å²) in [5, 5.41) is 0. The van der Waals surface area contributed by atoms with Gasteiger partial charge < -0.3 is 5.73 Å². The quantitative estimate of drug-likeness (QED) is 0.803. The van der Waals surface area contributed by atoms with E-state index in [1.54, 1.807) is 19.1 Å². The topological polar surface area (TPSA) is 78.0 Å². The normalized spacial score (nSPS) is 15.7. The largest absolute Gasteiger partial charge is 0.446 e. The van der Waals surface area contributed by atoms with Crippen molar-refractivity contribution >= 4 is 17.7 Å². The first-order valence-corrected chi connectivity index (χ1v) is 8.76. The van der Waals surface area contributed by atoms with Crippen molar-refractivity contribution in [2.24, 2.45) is 5.73 Å². The second-order valence-electron chi connectivity index (χ2n) is 6.14. The highest BCUT2D eigenvalue weighted by Crippen LogP contribution is 2.40. The molecule has 1 aromatic heterocycles. The zero-order valence-corrected chi connectivity index (χ0v) is 14.6. The maximum atomic E-state index is 12.5. The summed E-state index contributed by atoms with van der Waals surface area (Å²) in [6.07, 6.45) is 1.73. The fourth-order valence-corrected chi connectivity index (χ4v) is 3.29.